The fraction of sp³-hybridized carbons (Fsp3) is 0.429. The largest absolute Gasteiger partial charge is 0.351 e. The highest BCUT2D eigenvalue weighted by Gasteiger charge is 2.46. The lowest BCUT2D eigenvalue weighted by atomic mass is 9.77. The molecule has 98 valence electrons. The lowest BCUT2D eigenvalue weighted by Gasteiger charge is -2.44. The van der Waals surface area contributed by atoms with Crippen molar-refractivity contribution in [3.8, 4) is 0 Å². The molecule has 0 amide bonds. The minimum absolute atomic E-state index is 0.326. The fourth-order valence-corrected chi connectivity index (χ4v) is 2.45. The molecule has 0 spiro atoms. The summed E-state index contributed by atoms with van der Waals surface area (Å²) in [5, 5.41) is 0. The number of hydrogen-bond donors (Lipinski definition) is 2. The Morgan fingerprint density at radius 2 is 1.78 bits per heavy atom. The van der Waals surface area contributed by atoms with Gasteiger partial charge >= 0.3 is 0 Å². The molecule has 2 rings (SSSR count). The van der Waals surface area contributed by atoms with Crippen LogP contribution in [-0.4, -0.2) is 26.0 Å². The molecule has 0 aromatic heterocycles. The van der Waals surface area contributed by atoms with Crippen LogP contribution in [0, 0.1) is 0 Å². The van der Waals surface area contributed by atoms with Gasteiger partial charge in [-0.3, -0.25) is 0 Å². The zero-order chi connectivity index (χ0) is 13.2. The van der Waals surface area contributed by atoms with Crippen LogP contribution in [0.2, 0.25) is 0 Å². The van der Waals surface area contributed by atoms with Crippen molar-refractivity contribution in [2.24, 2.45) is 11.5 Å². The van der Waals surface area contributed by atoms with Crippen LogP contribution in [0.5, 0.6) is 0 Å². The average molecular weight is 248 g/mol. The molecule has 0 aliphatic heterocycles. The lowest BCUT2D eigenvalue weighted by Crippen LogP contribution is -2.58. The third-order valence-corrected chi connectivity index (χ3v) is 3.65. The normalized spacial score (nSPS) is 30.3. The Bertz CT molecular complexity index is 429. The summed E-state index contributed by atoms with van der Waals surface area (Å²) >= 11 is 0. The Balaban J connectivity index is 2.40. The van der Waals surface area contributed by atoms with E-state index in [0.717, 1.165) is 5.56 Å². The van der Waals surface area contributed by atoms with Gasteiger partial charge in [-0.15, -0.1) is 0 Å². The molecule has 1 aromatic carbocycles. The predicted octanol–water partition coefficient (Wildman–Crippen LogP) is 1.12. The third-order valence-electron chi connectivity index (χ3n) is 3.65. The van der Waals surface area contributed by atoms with Gasteiger partial charge in [0.2, 0.25) is 0 Å². The maximum absolute atomic E-state index is 6.47. The molecule has 0 saturated carbocycles. The molecule has 0 fully saturated rings. The highest BCUT2D eigenvalue weighted by atomic mass is 16.7. The SMILES string of the molecule is COC1(OC)CC(N)(c2ccccc2)C=CC1N. The van der Waals surface area contributed by atoms with Gasteiger partial charge in [0.25, 0.3) is 0 Å². The van der Waals surface area contributed by atoms with Crippen molar-refractivity contribution in [1.29, 1.82) is 0 Å². The van der Waals surface area contributed by atoms with Crippen LogP contribution in [0.3, 0.4) is 0 Å². The van der Waals surface area contributed by atoms with Crippen molar-refractivity contribution in [3.63, 3.8) is 0 Å². The van der Waals surface area contributed by atoms with E-state index in [0.29, 0.717) is 6.42 Å². The first-order valence-corrected chi connectivity index (χ1v) is 5.96. The van der Waals surface area contributed by atoms with Crippen LogP contribution in [0.4, 0.5) is 0 Å². The highest BCUT2D eigenvalue weighted by molar-refractivity contribution is 5.33. The molecule has 2 atom stereocenters. The number of rotatable bonds is 3. The van der Waals surface area contributed by atoms with Crippen LogP contribution >= 0.6 is 0 Å². The van der Waals surface area contributed by atoms with E-state index < -0.39 is 11.3 Å². The molecule has 1 aliphatic carbocycles. The first kappa shape index (κ1) is 13.2. The maximum atomic E-state index is 6.47. The molecule has 2 unspecified atom stereocenters. The summed E-state index contributed by atoms with van der Waals surface area (Å²) in [6.45, 7) is 0. The standard InChI is InChI=1S/C14H20N2O2/c1-17-14(18-2)10-13(16,9-8-12(14)15)11-6-4-3-5-7-11/h3-9,12H,10,15-16H2,1-2H3. The predicted molar refractivity (Wildman–Crippen MR) is 70.8 cm³/mol. The molecule has 18 heavy (non-hydrogen) atoms. The summed E-state index contributed by atoms with van der Waals surface area (Å²) in [6, 6.07) is 9.56. The minimum atomic E-state index is -0.876. The van der Waals surface area contributed by atoms with E-state index in [4.69, 9.17) is 20.9 Å². The summed E-state index contributed by atoms with van der Waals surface area (Å²) < 4.78 is 11.0. The quantitative estimate of drug-likeness (QED) is 0.621. The van der Waals surface area contributed by atoms with Gasteiger partial charge < -0.3 is 20.9 Å². The van der Waals surface area contributed by atoms with Crippen LogP contribution in [0.25, 0.3) is 0 Å². The van der Waals surface area contributed by atoms with Gasteiger partial charge in [0, 0.05) is 20.6 Å². The van der Waals surface area contributed by atoms with E-state index in [1.54, 1.807) is 14.2 Å². The molecule has 1 aromatic rings. The van der Waals surface area contributed by atoms with Gasteiger partial charge in [-0.1, -0.05) is 42.5 Å². The second-order valence-corrected chi connectivity index (χ2v) is 4.69. The average Bonchev–Trinajstić information content (AvgIpc) is 2.43. The maximum Gasteiger partial charge on any atom is 0.188 e. The summed E-state index contributed by atoms with van der Waals surface area (Å²) in [7, 11) is 3.18. The van der Waals surface area contributed by atoms with Crippen molar-refractivity contribution in [2.45, 2.75) is 23.8 Å². The van der Waals surface area contributed by atoms with Gasteiger partial charge in [0.1, 0.15) is 0 Å². The summed E-state index contributed by atoms with van der Waals surface area (Å²) in [5.41, 5.74) is 12.9. The van der Waals surface area contributed by atoms with E-state index in [1.807, 2.05) is 42.5 Å². The molecule has 4 heteroatoms. The van der Waals surface area contributed by atoms with E-state index in [2.05, 4.69) is 0 Å². The Morgan fingerprint density at radius 3 is 2.33 bits per heavy atom. The summed E-state index contributed by atoms with van der Waals surface area (Å²) in [6.07, 6.45) is 4.27. The Kier molecular flexibility index (Phi) is 3.54. The van der Waals surface area contributed by atoms with Crippen LogP contribution in [-0.2, 0) is 15.0 Å². The van der Waals surface area contributed by atoms with E-state index in [9.17, 15) is 0 Å². The monoisotopic (exact) mass is 248 g/mol. The molecule has 1 aliphatic rings. The second kappa shape index (κ2) is 4.82. The Hall–Kier alpha value is -1.20. The van der Waals surface area contributed by atoms with Crippen LogP contribution in [0.15, 0.2) is 42.5 Å². The molecule has 0 radical (unpaired) electrons. The number of nitrogens with two attached hydrogens (primary N) is 2. The lowest BCUT2D eigenvalue weighted by molar-refractivity contribution is -0.226. The van der Waals surface area contributed by atoms with Crippen LogP contribution < -0.4 is 11.5 Å². The fourth-order valence-electron chi connectivity index (χ4n) is 2.45. The van der Waals surface area contributed by atoms with E-state index >= 15 is 0 Å². The first-order valence-electron chi connectivity index (χ1n) is 5.96. The highest BCUT2D eigenvalue weighted by Crippen LogP contribution is 2.37. The summed E-state index contributed by atoms with van der Waals surface area (Å²) in [4.78, 5) is 0. The minimum Gasteiger partial charge on any atom is -0.351 e. The van der Waals surface area contributed by atoms with Crippen molar-refractivity contribution in [1.82, 2.24) is 0 Å². The first-order chi connectivity index (χ1) is 8.56. The van der Waals surface area contributed by atoms with E-state index in [1.165, 1.54) is 0 Å². The number of ether oxygens (including phenoxy) is 2. The third kappa shape index (κ3) is 2.08. The Labute approximate surface area is 108 Å². The molecular weight excluding hydrogens is 228 g/mol. The van der Waals surface area contributed by atoms with Crippen molar-refractivity contribution >= 4 is 0 Å². The van der Waals surface area contributed by atoms with Crippen molar-refractivity contribution in [2.75, 3.05) is 14.2 Å². The molecule has 4 N–H and O–H groups in total. The Morgan fingerprint density at radius 1 is 1.17 bits per heavy atom. The molecule has 0 heterocycles. The zero-order valence-electron chi connectivity index (χ0n) is 10.8. The summed E-state index contributed by atoms with van der Waals surface area (Å²) in [5.74, 6) is -0.876. The molecule has 4 nitrogen and oxygen atoms in total. The van der Waals surface area contributed by atoms with Crippen molar-refractivity contribution in [3.05, 3.63) is 48.0 Å². The zero-order valence-corrected chi connectivity index (χ0v) is 10.8. The molecule has 0 saturated heterocycles. The second-order valence-electron chi connectivity index (χ2n) is 4.69. The van der Waals surface area contributed by atoms with Gasteiger partial charge in [0.05, 0.1) is 11.6 Å². The smallest absolute Gasteiger partial charge is 0.188 e. The number of methoxy groups -OCH3 is 2. The molecular formula is C14H20N2O2. The van der Waals surface area contributed by atoms with Crippen LogP contribution in [0.1, 0.15) is 12.0 Å². The number of hydrogen-bond acceptors (Lipinski definition) is 4. The van der Waals surface area contributed by atoms with E-state index in [-0.39, 0.29) is 6.04 Å². The molecule has 0 bridgehead atoms. The van der Waals surface area contributed by atoms with Crippen molar-refractivity contribution < 1.29 is 9.47 Å². The van der Waals surface area contributed by atoms with Gasteiger partial charge in [-0.25, -0.2) is 0 Å². The number of benzene rings is 1. The van der Waals surface area contributed by atoms with Gasteiger partial charge in [0.15, 0.2) is 5.79 Å². The van der Waals surface area contributed by atoms with Gasteiger partial charge in [-0.2, -0.15) is 0 Å². The van der Waals surface area contributed by atoms with Gasteiger partial charge in [-0.05, 0) is 5.56 Å². The topological polar surface area (TPSA) is 70.5 Å².